The number of rotatable bonds is 3. The van der Waals surface area contributed by atoms with Gasteiger partial charge in [0.15, 0.2) is 0 Å². The molecule has 15 heavy (non-hydrogen) atoms. The number of ether oxygens (including phenoxy) is 1. The predicted molar refractivity (Wildman–Crippen MR) is 60.5 cm³/mol. The molecule has 0 spiro atoms. The van der Waals surface area contributed by atoms with Crippen LogP contribution >= 0.6 is 27.3 Å². The maximum Gasteiger partial charge on any atom is 0.214 e. The Labute approximate surface area is 98.9 Å². The van der Waals surface area contributed by atoms with Crippen LogP contribution in [0.4, 0.5) is 4.39 Å². The molecule has 0 aliphatic carbocycles. The van der Waals surface area contributed by atoms with Crippen LogP contribution in [0.2, 0.25) is 0 Å². The summed E-state index contributed by atoms with van der Waals surface area (Å²) in [4.78, 5) is 4.66. The minimum atomic E-state index is -0.227. The van der Waals surface area contributed by atoms with Gasteiger partial charge in [0.25, 0.3) is 0 Å². The Balaban J connectivity index is 2.02. The Kier molecular flexibility index (Phi) is 3.33. The van der Waals surface area contributed by atoms with Gasteiger partial charge in [-0.15, -0.1) is 11.3 Å². The van der Waals surface area contributed by atoms with Crippen molar-refractivity contribution < 1.29 is 9.13 Å². The Morgan fingerprint density at radius 2 is 2.27 bits per heavy atom. The number of thiophene rings is 1. The van der Waals surface area contributed by atoms with Crippen molar-refractivity contribution in [1.29, 1.82) is 0 Å². The third-order valence-corrected chi connectivity index (χ3v) is 3.04. The van der Waals surface area contributed by atoms with Crippen molar-refractivity contribution in [2.45, 2.75) is 6.61 Å². The minimum absolute atomic E-state index is 0.215. The maximum absolute atomic E-state index is 13.0. The molecular formula is C10H7BrFNOS. The highest BCUT2D eigenvalue weighted by atomic mass is 79.9. The molecule has 2 nitrogen and oxygen atoms in total. The average Bonchev–Trinajstić information content (AvgIpc) is 2.61. The molecule has 0 bridgehead atoms. The fourth-order valence-corrected chi connectivity index (χ4v) is 2.02. The quantitative estimate of drug-likeness (QED) is 0.805. The van der Waals surface area contributed by atoms with Gasteiger partial charge in [0.2, 0.25) is 5.88 Å². The number of hydrogen-bond acceptors (Lipinski definition) is 3. The second kappa shape index (κ2) is 4.72. The van der Waals surface area contributed by atoms with Crippen molar-refractivity contribution in [1.82, 2.24) is 4.98 Å². The molecule has 78 valence electrons. The zero-order valence-corrected chi connectivity index (χ0v) is 10.0. The Morgan fingerprint density at radius 1 is 1.40 bits per heavy atom. The minimum Gasteiger partial charge on any atom is -0.472 e. The number of aromatic nitrogens is 1. The van der Waals surface area contributed by atoms with E-state index >= 15 is 0 Å². The number of pyridine rings is 1. The van der Waals surface area contributed by atoms with E-state index in [9.17, 15) is 4.39 Å². The molecule has 0 N–H and O–H groups in total. The molecule has 5 heteroatoms. The van der Waals surface area contributed by atoms with Crippen molar-refractivity contribution in [2.24, 2.45) is 0 Å². The van der Waals surface area contributed by atoms with Crippen molar-refractivity contribution in [3.8, 4) is 5.88 Å². The molecule has 2 aromatic heterocycles. The van der Waals surface area contributed by atoms with E-state index in [2.05, 4.69) is 20.9 Å². The Hall–Kier alpha value is -0.940. The van der Waals surface area contributed by atoms with E-state index in [0.29, 0.717) is 15.4 Å². The van der Waals surface area contributed by atoms with E-state index in [-0.39, 0.29) is 12.4 Å². The van der Waals surface area contributed by atoms with Crippen molar-refractivity contribution in [3.63, 3.8) is 0 Å². The van der Waals surface area contributed by atoms with Gasteiger partial charge < -0.3 is 4.74 Å². The van der Waals surface area contributed by atoms with Crippen LogP contribution < -0.4 is 4.74 Å². The van der Waals surface area contributed by atoms with E-state index in [1.165, 1.54) is 17.4 Å². The van der Waals surface area contributed by atoms with Crippen LogP contribution in [0, 0.1) is 5.82 Å². The average molecular weight is 288 g/mol. The van der Waals surface area contributed by atoms with Crippen molar-refractivity contribution in [3.05, 3.63) is 44.9 Å². The van der Waals surface area contributed by atoms with Gasteiger partial charge in [-0.25, -0.2) is 9.37 Å². The standard InChI is InChI=1S/C10H7BrFNOS/c11-9-2-1-3-10(13-9)14-6-8-7(12)4-5-15-8/h1-5H,6H2. The lowest BCUT2D eigenvalue weighted by Crippen LogP contribution is -1.96. The summed E-state index contributed by atoms with van der Waals surface area (Å²) in [5, 5.41) is 1.70. The highest BCUT2D eigenvalue weighted by Gasteiger charge is 2.04. The second-order valence-electron chi connectivity index (χ2n) is 2.78. The highest BCUT2D eigenvalue weighted by molar-refractivity contribution is 9.10. The summed E-state index contributed by atoms with van der Waals surface area (Å²) >= 11 is 4.57. The Bertz CT molecular complexity index is 460. The zero-order chi connectivity index (χ0) is 10.7. The molecule has 0 atom stereocenters. The Morgan fingerprint density at radius 3 is 2.93 bits per heavy atom. The molecule has 0 aliphatic heterocycles. The normalized spacial score (nSPS) is 10.3. The first kappa shape index (κ1) is 10.6. The van der Waals surface area contributed by atoms with Gasteiger partial charge in [0, 0.05) is 6.07 Å². The number of halogens is 2. The fraction of sp³-hybridized carbons (Fsp3) is 0.100. The molecule has 0 radical (unpaired) electrons. The third kappa shape index (κ3) is 2.76. The van der Waals surface area contributed by atoms with Gasteiger partial charge in [-0.2, -0.15) is 0 Å². The van der Waals surface area contributed by atoms with Gasteiger partial charge in [-0.05, 0) is 33.4 Å². The molecule has 0 unspecified atom stereocenters. The summed E-state index contributed by atoms with van der Waals surface area (Å²) in [6, 6.07) is 6.78. The molecular weight excluding hydrogens is 281 g/mol. The summed E-state index contributed by atoms with van der Waals surface area (Å²) in [6.45, 7) is 0.215. The first-order valence-electron chi connectivity index (χ1n) is 4.23. The second-order valence-corrected chi connectivity index (χ2v) is 4.59. The summed E-state index contributed by atoms with van der Waals surface area (Å²) in [6.07, 6.45) is 0. The highest BCUT2D eigenvalue weighted by Crippen LogP contribution is 2.18. The molecule has 0 aliphatic rings. The van der Waals surface area contributed by atoms with Crippen LogP contribution in [-0.4, -0.2) is 4.98 Å². The monoisotopic (exact) mass is 287 g/mol. The van der Waals surface area contributed by atoms with Crippen LogP contribution in [-0.2, 0) is 6.61 Å². The van der Waals surface area contributed by atoms with E-state index < -0.39 is 0 Å². The van der Waals surface area contributed by atoms with Crippen LogP contribution in [0.3, 0.4) is 0 Å². The van der Waals surface area contributed by atoms with E-state index in [1.807, 2.05) is 6.07 Å². The molecule has 0 saturated carbocycles. The summed E-state index contributed by atoms with van der Waals surface area (Å²) < 4.78 is 19.1. The fourth-order valence-electron chi connectivity index (χ4n) is 1.04. The predicted octanol–water partition coefficient (Wildman–Crippen LogP) is 3.62. The molecule has 0 saturated heterocycles. The molecule has 0 amide bonds. The van der Waals surface area contributed by atoms with E-state index in [4.69, 9.17) is 4.74 Å². The van der Waals surface area contributed by atoms with E-state index in [0.717, 1.165) is 0 Å². The van der Waals surface area contributed by atoms with Crippen LogP contribution in [0.1, 0.15) is 4.88 Å². The first-order valence-corrected chi connectivity index (χ1v) is 5.90. The lowest BCUT2D eigenvalue weighted by molar-refractivity contribution is 0.291. The number of nitrogens with zero attached hydrogens (tertiary/aromatic N) is 1. The lowest BCUT2D eigenvalue weighted by atomic mass is 10.4. The van der Waals surface area contributed by atoms with Gasteiger partial charge in [-0.1, -0.05) is 6.07 Å². The summed E-state index contributed by atoms with van der Waals surface area (Å²) in [5.74, 6) is 0.257. The number of hydrogen-bond donors (Lipinski definition) is 0. The van der Waals surface area contributed by atoms with Gasteiger partial charge in [0.05, 0.1) is 4.88 Å². The zero-order valence-electron chi connectivity index (χ0n) is 7.61. The van der Waals surface area contributed by atoms with Gasteiger partial charge in [0.1, 0.15) is 17.0 Å². The van der Waals surface area contributed by atoms with Crippen LogP contribution in [0.5, 0.6) is 5.88 Å². The topological polar surface area (TPSA) is 22.1 Å². The van der Waals surface area contributed by atoms with Crippen molar-refractivity contribution >= 4 is 27.3 Å². The van der Waals surface area contributed by atoms with E-state index in [1.54, 1.807) is 17.5 Å². The maximum atomic E-state index is 13.0. The summed E-state index contributed by atoms with van der Waals surface area (Å²) in [7, 11) is 0. The first-order chi connectivity index (χ1) is 7.25. The van der Waals surface area contributed by atoms with Crippen LogP contribution in [0.15, 0.2) is 34.2 Å². The van der Waals surface area contributed by atoms with Crippen LogP contribution in [0.25, 0.3) is 0 Å². The van der Waals surface area contributed by atoms with Crippen molar-refractivity contribution in [2.75, 3.05) is 0 Å². The smallest absolute Gasteiger partial charge is 0.214 e. The summed E-state index contributed by atoms with van der Waals surface area (Å²) in [5.41, 5.74) is 0. The lowest BCUT2D eigenvalue weighted by Gasteiger charge is -2.03. The largest absolute Gasteiger partial charge is 0.472 e. The third-order valence-electron chi connectivity index (χ3n) is 1.73. The molecule has 0 aromatic carbocycles. The molecule has 2 rings (SSSR count). The van der Waals surface area contributed by atoms with Gasteiger partial charge in [-0.3, -0.25) is 0 Å². The molecule has 2 aromatic rings. The van der Waals surface area contributed by atoms with Gasteiger partial charge >= 0.3 is 0 Å². The molecule has 0 fully saturated rings. The SMILES string of the molecule is Fc1ccsc1COc1cccc(Br)n1. The molecule has 2 heterocycles.